The molecule has 0 bridgehead atoms. The maximum absolute atomic E-state index is 9.67. The van der Waals surface area contributed by atoms with E-state index in [1.165, 1.54) is 45.2 Å². The third-order valence-electron chi connectivity index (χ3n) is 6.03. The number of piperidine rings is 1. The third-order valence-corrected chi connectivity index (χ3v) is 6.03. The second kappa shape index (κ2) is 7.11. The molecule has 2 fully saturated rings. The van der Waals surface area contributed by atoms with Crippen LogP contribution in [0.3, 0.4) is 0 Å². The molecule has 0 aromatic carbocycles. The van der Waals surface area contributed by atoms with Gasteiger partial charge in [-0.05, 0) is 70.0 Å². The molecule has 0 amide bonds. The molecule has 3 nitrogen and oxygen atoms in total. The molecule has 2 rings (SSSR count). The van der Waals surface area contributed by atoms with Gasteiger partial charge in [0.2, 0.25) is 0 Å². The quantitative estimate of drug-likeness (QED) is 0.839. The first-order chi connectivity index (χ1) is 10.1. The topological polar surface area (TPSA) is 39.1 Å². The van der Waals surface area contributed by atoms with Crippen LogP contribution in [0.1, 0.15) is 72.1 Å². The van der Waals surface area contributed by atoms with Gasteiger partial charge in [0.05, 0.1) is 6.07 Å². The van der Waals surface area contributed by atoms with Crippen molar-refractivity contribution in [1.82, 2.24) is 10.2 Å². The van der Waals surface area contributed by atoms with Crippen LogP contribution in [0.5, 0.6) is 0 Å². The molecule has 120 valence electrons. The summed E-state index contributed by atoms with van der Waals surface area (Å²) >= 11 is 0. The highest BCUT2D eigenvalue weighted by Crippen LogP contribution is 2.38. The van der Waals surface area contributed by atoms with Gasteiger partial charge in [0.25, 0.3) is 0 Å². The summed E-state index contributed by atoms with van der Waals surface area (Å²) in [6, 6.07) is 3.23. The Kier molecular flexibility index (Phi) is 5.68. The zero-order valence-corrected chi connectivity index (χ0v) is 14.2. The second-order valence-corrected chi connectivity index (χ2v) is 7.57. The van der Waals surface area contributed by atoms with Gasteiger partial charge in [0.15, 0.2) is 0 Å². The fourth-order valence-electron chi connectivity index (χ4n) is 4.01. The lowest BCUT2D eigenvalue weighted by Crippen LogP contribution is -2.54. The average molecular weight is 291 g/mol. The van der Waals surface area contributed by atoms with E-state index in [2.05, 4.69) is 37.1 Å². The first-order valence-electron chi connectivity index (χ1n) is 8.97. The highest BCUT2D eigenvalue weighted by Gasteiger charge is 2.40. The molecule has 0 aromatic heterocycles. The summed E-state index contributed by atoms with van der Waals surface area (Å²) in [5, 5.41) is 13.2. The SMILES string of the molecule is CCCNC1(C#N)CCCC(N2CCC(C)(CC)CC2)C1. The summed E-state index contributed by atoms with van der Waals surface area (Å²) in [5.41, 5.74) is 0.294. The Balaban J connectivity index is 1.94. The Bertz CT molecular complexity index is 365. The van der Waals surface area contributed by atoms with Crippen LogP contribution in [-0.4, -0.2) is 36.1 Å². The lowest BCUT2D eigenvalue weighted by atomic mass is 9.75. The van der Waals surface area contributed by atoms with Gasteiger partial charge >= 0.3 is 0 Å². The largest absolute Gasteiger partial charge is 0.300 e. The fourth-order valence-corrected chi connectivity index (χ4v) is 4.01. The number of nitrogens with one attached hydrogen (secondary N) is 1. The maximum Gasteiger partial charge on any atom is 0.108 e. The smallest absolute Gasteiger partial charge is 0.108 e. The monoisotopic (exact) mass is 291 g/mol. The lowest BCUT2D eigenvalue weighted by molar-refractivity contribution is 0.0513. The van der Waals surface area contributed by atoms with Crippen LogP contribution >= 0.6 is 0 Å². The van der Waals surface area contributed by atoms with Crippen molar-refractivity contribution in [2.45, 2.75) is 83.7 Å². The summed E-state index contributed by atoms with van der Waals surface area (Å²) < 4.78 is 0. The second-order valence-electron chi connectivity index (χ2n) is 7.57. The summed E-state index contributed by atoms with van der Waals surface area (Å²) in [6.07, 6.45) is 9.56. The van der Waals surface area contributed by atoms with Gasteiger partial charge < -0.3 is 4.90 Å². The van der Waals surface area contributed by atoms with Crippen molar-refractivity contribution in [2.24, 2.45) is 5.41 Å². The van der Waals surface area contributed by atoms with Crippen molar-refractivity contribution in [1.29, 1.82) is 5.26 Å². The number of rotatable bonds is 5. The van der Waals surface area contributed by atoms with Gasteiger partial charge in [-0.25, -0.2) is 0 Å². The Morgan fingerprint density at radius 3 is 2.52 bits per heavy atom. The summed E-state index contributed by atoms with van der Waals surface area (Å²) in [7, 11) is 0. The van der Waals surface area contributed by atoms with Gasteiger partial charge in [-0.3, -0.25) is 5.32 Å². The molecule has 0 aromatic rings. The normalized spacial score (nSPS) is 33.5. The van der Waals surface area contributed by atoms with Gasteiger partial charge in [0.1, 0.15) is 5.54 Å². The fraction of sp³-hybridized carbons (Fsp3) is 0.944. The highest BCUT2D eigenvalue weighted by molar-refractivity contribution is 5.11. The highest BCUT2D eigenvalue weighted by atomic mass is 15.2. The van der Waals surface area contributed by atoms with Crippen molar-refractivity contribution in [3.8, 4) is 6.07 Å². The van der Waals surface area contributed by atoms with E-state index in [1.807, 2.05) is 0 Å². The van der Waals surface area contributed by atoms with Gasteiger partial charge in [-0.1, -0.05) is 27.2 Å². The number of nitriles is 1. The Labute approximate surface area is 131 Å². The van der Waals surface area contributed by atoms with Crippen LogP contribution in [0.2, 0.25) is 0 Å². The van der Waals surface area contributed by atoms with Crippen LogP contribution in [0.4, 0.5) is 0 Å². The molecule has 0 spiro atoms. The minimum absolute atomic E-state index is 0.259. The van der Waals surface area contributed by atoms with Crippen molar-refractivity contribution < 1.29 is 0 Å². The molecular weight excluding hydrogens is 258 g/mol. The van der Waals surface area contributed by atoms with E-state index < -0.39 is 0 Å². The number of likely N-dealkylation sites (tertiary alicyclic amines) is 1. The minimum Gasteiger partial charge on any atom is -0.300 e. The van der Waals surface area contributed by atoms with Crippen molar-refractivity contribution >= 4 is 0 Å². The first-order valence-corrected chi connectivity index (χ1v) is 8.97. The lowest BCUT2D eigenvalue weighted by Gasteiger charge is -2.46. The summed E-state index contributed by atoms with van der Waals surface area (Å²) in [5.74, 6) is 0. The number of hydrogen-bond donors (Lipinski definition) is 1. The van der Waals surface area contributed by atoms with Crippen molar-refractivity contribution in [3.05, 3.63) is 0 Å². The van der Waals surface area contributed by atoms with Crippen LogP contribution in [0, 0.1) is 16.7 Å². The Morgan fingerprint density at radius 2 is 1.95 bits per heavy atom. The van der Waals surface area contributed by atoms with Gasteiger partial charge in [-0.15, -0.1) is 0 Å². The van der Waals surface area contributed by atoms with E-state index in [1.54, 1.807) is 0 Å². The van der Waals surface area contributed by atoms with E-state index in [-0.39, 0.29) is 5.54 Å². The van der Waals surface area contributed by atoms with Gasteiger partial charge in [0, 0.05) is 6.04 Å². The standard InChI is InChI=1S/C18H33N3/c1-4-11-20-18(15-19)8-6-7-16(14-18)21-12-9-17(3,5-2)10-13-21/h16,20H,4-14H2,1-3H3. The van der Waals surface area contributed by atoms with E-state index in [0.717, 1.165) is 25.8 Å². The summed E-state index contributed by atoms with van der Waals surface area (Å²) in [6.45, 7) is 10.4. The van der Waals surface area contributed by atoms with Crippen LogP contribution < -0.4 is 5.32 Å². The third kappa shape index (κ3) is 3.99. The molecule has 2 aliphatic rings. The van der Waals surface area contributed by atoms with E-state index in [4.69, 9.17) is 0 Å². The molecule has 21 heavy (non-hydrogen) atoms. The Morgan fingerprint density at radius 1 is 1.24 bits per heavy atom. The molecule has 0 radical (unpaired) electrons. The van der Waals surface area contributed by atoms with Crippen molar-refractivity contribution in [3.63, 3.8) is 0 Å². The first kappa shape index (κ1) is 16.8. The Hall–Kier alpha value is -0.590. The molecule has 1 heterocycles. The zero-order valence-electron chi connectivity index (χ0n) is 14.2. The molecule has 1 saturated heterocycles. The van der Waals surface area contributed by atoms with Gasteiger partial charge in [-0.2, -0.15) is 5.26 Å². The number of nitrogens with zero attached hydrogens (tertiary/aromatic N) is 2. The molecule has 2 unspecified atom stereocenters. The molecule has 1 aliphatic heterocycles. The molecule has 2 atom stereocenters. The minimum atomic E-state index is -0.259. The molecule has 1 saturated carbocycles. The van der Waals surface area contributed by atoms with Crippen LogP contribution in [0.25, 0.3) is 0 Å². The average Bonchev–Trinajstić information content (AvgIpc) is 2.54. The summed E-state index contributed by atoms with van der Waals surface area (Å²) in [4.78, 5) is 2.68. The molecular formula is C18H33N3. The van der Waals surface area contributed by atoms with E-state index in [0.29, 0.717) is 11.5 Å². The molecule has 1 N–H and O–H groups in total. The molecule has 3 heteroatoms. The number of hydrogen-bond acceptors (Lipinski definition) is 3. The predicted octanol–water partition coefficient (Wildman–Crippen LogP) is 3.70. The van der Waals surface area contributed by atoms with Crippen LogP contribution in [-0.2, 0) is 0 Å². The predicted molar refractivity (Wildman–Crippen MR) is 88.1 cm³/mol. The maximum atomic E-state index is 9.67. The van der Waals surface area contributed by atoms with E-state index >= 15 is 0 Å². The van der Waals surface area contributed by atoms with Crippen LogP contribution in [0.15, 0.2) is 0 Å². The zero-order chi connectivity index (χ0) is 15.3. The van der Waals surface area contributed by atoms with E-state index in [9.17, 15) is 5.26 Å². The molecule has 1 aliphatic carbocycles. The van der Waals surface area contributed by atoms with Crippen molar-refractivity contribution in [2.75, 3.05) is 19.6 Å².